The number of imidazole rings is 2. The van der Waals surface area contributed by atoms with Gasteiger partial charge < -0.3 is 50.2 Å². The lowest BCUT2D eigenvalue weighted by Gasteiger charge is -2.42. The lowest BCUT2D eigenvalue weighted by Crippen LogP contribution is -2.55. The number of hydrogen-bond acceptors (Lipinski definition) is 16. The van der Waals surface area contributed by atoms with Gasteiger partial charge in [0.1, 0.15) is 48.1 Å². The van der Waals surface area contributed by atoms with Gasteiger partial charge in [0.25, 0.3) is 0 Å². The Morgan fingerprint density at radius 2 is 1.04 bits per heavy atom. The van der Waals surface area contributed by atoms with E-state index in [-0.39, 0.29) is 21.7 Å². The molecule has 0 bridgehead atoms. The molecule has 8 atom stereocenters. The number of hydrogen-bond donors (Lipinski definition) is 6. The summed E-state index contributed by atoms with van der Waals surface area (Å²) >= 11 is 0. The minimum absolute atomic E-state index is 0.157. The predicted octanol–water partition coefficient (Wildman–Crippen LogP) is 1.86. The van der Waals surface area contributed by atoms with E-state index in [0.717, 1.165) is 0 Å². The summed E-state index contributed by atoms with van der Waals surface area (Å²) in [7, 11) is -5.34. The third-order valence-corrected chi connectivity index (χ3v) is 20.6. The Morgan fingerprint density at radius 1 is 0.679 bits per heavy atom. The normalized spacial score (nSPS) is 28.7. The number of fused-ring (bicyclic) bond motifs is 2. The molecule has 0 aromatic carbocycles. The van der Waals surface area contributed by atoms with Gasteiger partial charge in [0.15, 0.2) is 63.2 Å². The van der Waals surface area contributed by atoms with Gasteiger partial charge in [-0.1, -0.05) is 41.5 Å². The van der Waals surface area contributed by atoms with Crippen LogP contribution in [0, 0.1) is 23.7 Å². The standard InChI is InChI=1S/C36H52N10O8Si2/c1-33(2,3)55(7,8)53-25-31(45-19-43-23-27(37)39-17-41-29(23)45)51-21(15-47)35(25,49)13-11-12-14-36(50)22(16-48)52-32(26(36)54-56(9,10)34(4,5)6)46-20-44-24-28(38)40-18-42-30(24)46/h17-22,25-26,31-32,47-50H,15-16H2,1-10H3,(H2,37,39,41)(H2,38,40,42)/t21-,22-,25+,26+,31-,32-,35-,36-/m1/s1. The van der Waals surface area contributed by atoms with Crippen molar-refractivity contribution >= 4 is 50.6 Å². The fourth-order valence-electron chi connectivity index (χ4n) is 6.24. The van der Waals surface area contributed by atoms with E-state index >= 15 is 0 Å². The zero-order valence-electron chi connectivity index (χ0n) is 33.3. The van der Waals surface area contributed by atoms with Crippen molar-refractivity contribution in [1.82, 2.24) is 39.0 Å². The first-order valence-electron chi connectivity index (χ1n) is 18.2. The molecule has 2 saturated heterocycles. The van der Waals surface area contributed by atoms with Crippen molar-refractivity contribution in [2.45, 2.75) is 126 Å². The van der Waals surface area contributed by atoms with Crippen molar-refractivity contribution in [2.24, 2.45) is 0 Å². The maximum absolute atomic E-state index is 12.5. The van der Waals surface area contributed by atoms with E-state index in [1.54, 1.807) is 9.13 Å². The second kappa shape index (κ2) is 14.4. The van der Waals surface area contributed by atoms with Crippen LogP contribution in [0.3, 0.4) is 0 Å². The maximum Gasteiger partial charge on any atom is 0.192 e. The van der Waals surface area contributed by atoms with Crippen molar-refractivity contribution in [3.05, 3.63) is 25.3 Å². The summed E-state index contributed by atoms with van der Waals surface area (Å²) in [5, 5.41) is 45.5. The highest BCUT2D eigenvalue weighted by atomic mass is 28.4. The molecule has 0 spiro atoms. The van der Waals surface area contributed by atoms with Crippen molar-refractivity contribution in [3.63, 3.8) is 0 Å². The van der Waals surface area contributed by atoms with Gasteiger partial charge in [-0.05, 0) is 59.9 Å². The Labute approximate surface area is 327 Å². The van der Waals surface area contributed by atoms with Crippen LogP contribution < -0.4 is 11.5 Å². The molecule has 0 radical (unpaired) electrons. The minimum Gasteiger partial charge on any atom is -0.405 e. The Hall–Kier alpha value is -4.07. The number of ether oxygens (including phenoxy) is 2. The van der Waals surface area contributed by atoms with E-state index < -0.39 is 77.9 Å². The van der Waals surface area contributed by atoms with Crippen molar-refractivity contribution in [3.8, 4) is 23.7 Å². The summed E-state index contributed by atoms with van der Waals surface area (Å²) < 4.78 is 29.4. The van der Waals surface area contributed by atoms with Gasteiger partial charge in [-0.15, -0.1) is 0 Å². The van der Waals surface area contributed by atoms with E-state index in [4.69, 9.17) is 29.8 Å². The van der Waals surface area contributed by atoms with Gasteiger partial charge in [0.05, 0.1) is 25.9 Å². The molecule has 0 saturated carbocycles. The highest BCUT2D eigenvalue weighted by Crippen LogP contribution is 2.47. The zero-order valence-corrected chi connectivity index (χ0v) is 35.3. The largest absolute Gasteiger partial charge is 0.405 e. The molecule has 56 heavy (non-hydrogen) atoms. The fraction of sp³-hybridized carbons (Fsp3) is 0.611. The molecule has 4 aromatic heterocycles. The van der Waals surface area contributed by atoms with Crippen LogP contribution in [0.25, 0.3) is 22.3 Å². The number of rotatable bonds is 8. The number of nitrogen functional groups attached to an aromatic ring is 2. The molecule has 0 aliphatic carbocycles. The highest BCUT2D eigenvalue weighted by Gasteiger charge is 2.61. The first kappa shape index (κ1) is 41.6. The summed E-state index contributed by atoms with van der Waals surface area (Å²) in [5.41, 5.74) is 9.22. The SMILES string of the molecule is CC(C)(C)[Si](C)(C)O[C@H]1[C@H](n2cnc3c(N)ncnc32)O[C@H](CO)[C@]1(O)C#CC#C[C@@]1(O)[C@@H](CO)O[C@@H](n2cnc3c(N)ncnc32)[C@@H]1O[Si](C)(C)C(C)(C)C. The molecule has 2 aliphatic heterocycles. The third-order valence-electron chi connectivity index (χ3n) is 11.7. The molecule has 6 rings (SSSR count). The number of aliphatic hydroxyl groups excluding tert-OH is 2. The third kappa shape index (κ3) is 6.97. The molecule has 302 valence electrons. The maximum atomic E-state index is 12.5. The van der Waals surface area contributed by atoms with Crippen LogP contribution >= 0.6 is 0 Å². The molecular weight excluding hydrogens is 757 g/mol. The topological polar surface area (TPSA) is 257 Å². The molecule has 18 nitrogen and oxygen atoms in total. The predicted molar refractivity (Wildman–Crippen MR) is 211 cm³/mol. The van der Waals surface area contributed by atoms with Crippen LogP contribution in [-0.2, 0) is 18.3 Å². The summed E-state index contributed by atoms with van der Waals surface area (Å²) in [6.07, 6.45) is -1.46. The Morgan fingerprint density at radius 3 is 1.36 bits per heavy atom. The molecule has 8 N–H and O–H groups in total. The second-order valence-corrected chi connectivity index (χ2v) is 26.8. The first-order chi connectivity index (χ1) is 26.0. The smallest absolute Gasteiger partial charge is 0.192 e. The molecule has 0 amide bonds. The summed E-state index contributed by atoms with van der Waals surface area (Å²) in [5.74, 6) is 11.4. The lowest BCUT2D eigenvalue weighted by atomic mass is 9.92. The number of aliphatic hydroxyl groups is 4. The van der Waals surface area contributed by atoms with Crippen LogP contribution in [0.4, 0.5) is 11.6 Å². The Bertz CT molecular complexity index is 2080. The second-order valence-electron chi connectivity index (χ2n) is 17.3. The van der Waals surface area contributed by atoms with Crippen LogP contribution in [0.5, 0.6) is 0 Å². The summed E-state index contributed by atoms with van der Waals surface area (Å²) in [6, 6.07) is 0. The molecular formula is C36H52N10O8Si2. The zero-order chi connectivity index (χ0) is 41.2. The van der Waals surface area contributed by atoms with Gasteiger partial charge >= 0.3 is 0 Å². The monoisotopic (exact) mass is 808 g/mol. The average Bonchev–Trinajstić information content (AvgIpc) is 3.86. The number of anilines is 2. The number of aromatic nitrogens is 8. The van der Waals surface area contributed by atoms with Gasteiger partial charge in [-0.3, -0.25) is 9.13 Å². The molecule has 2 fully saturated rings. The van der Waals surface area contributed by atoms with Crippen molar-refractivity contribution < 1.29 is 38.8 Å². The van der Waals surface area contributed by atoms with Crippen LogP contribution in [0.15, 0.2) is 25.3 Å². The molecule has 0 unspecified atom stereocenters. The summed E-state index contributed by atoms with van der Waals surface area (Å²) in [4.78, 5) is 25.5. The minimum atomic E-state index is -2.67. The highest BCUT2D eigenvalue weighted by molar-refractivity contribution is 6.74. The lowest BCUT2D eigenvalue weighted by molar-refractivity contribution is -0.0607. The average molecular weight is 809 g/mol. The van der Waals surface area contributed by atoms with E-state index in [9.17, 15) is 20.4 Å². The van der Waals surface area contributed by atoms with E-state index in [2.05, 4.69) is 95.1 Å². The van der Waals surface area contributed by atoms with Gasteiger partial charge in [0, 0.05) is 0 Å². The van der Waals surface area contributed by atoms with Crippen LogP contribution in [0.1, 0.15) is 54.0 Å². The molecule has 4 aromatic rings. The van der Waals surface area contributed by atoms with Gasteiger partial charge in [-0.25, -0.2) is 29.9 Å². The van der Waals surface area contributed by atoms with E-state index in [1.165, 1.54) is 25.3 Å². The Balaban J connectivity index is 1.45. The van der Waals surface area contributed by atoms with Crippen molar-refractivity contribution in [2.75, 3.05) is 24.7 Å². The molecule has 6 heterocycles. The molecule has 2 aliphatic rings. The van der Waals surface area contributed by atoms with Gasteiger partial charge in [0.2, 0.25) is 0 Å². The van der Waals surface area contributed by atoms with E-state index in [0.29, 0.717) is 22.3 Å². The van der Waals surface area contributed by atoms with Gasteiger partial charge in [-0.2, -0.15) is 0 Å². The number of nitrogens with two attached hydrogens (primary N) is 2. The van der Waals surface area contributed by atoms with Crippen LogP contribution in [0.2, 0.25) is 36.3 Å². The summed E-state index contributed by atoms with van der Waals surface area (Å²) in [6.45, 7) is 19.1. The quantitative estimate of drug-likeness (QED) is 0.110. The molecule has 20 heteroatoms. The fourth-order valence-corrected chi connectivity index (χ4v) is 8.81. The Kier molecular flexibility index (Phi) is 10.7. The van der Waals surface area contributed by atoms with E-state index in [1.807, 2.05) is 26.2 Å². The number of nitrogens with zero attached hydrogens (tertiary/aromatic N) is 8. The van der Waals surface area contributed by atoms with Crippen molar-refractivity contribution in [1.29, 1.82) is 0 Å². The van der Waals surface area contributed by atoms with Crippen LogP contribution in [-0.4, -0.2) is 125 Å². The first-order valence-corrected chi connectivity index (χ1v) is 24.1.